The third kappa shape index (κ3) is 5.26. The molecule has 0 bridgehead atoms. The monoisotopic (exact) mass is 284 g/mol. The van der Waals surface area contributed by atoms with Crippen molar-refractivity contribution in [3.63, 3.8) is 0 Å². The smallest absolute Gasteiger partial charge is 0.127 e. The van der Waals surface area contributed by atoms with Gasteiger partial charge in [0.2, 0.25) is 0 Å². The van der Waals surface area contributed by atoms with E-state index < -0.39 is 0 Å². The van der Waals surface area contributed by atoms with Crippen LogP contribution in [-0.2, 0) is 11.8 Å². The van der Waals surface area contributed by atoms with Gasteiger partial charge in [-0.15, -0.1) is 0 Å². The van der Waals surface area contributed by atoms with Crippen LogP contribution in [0.1, 0.15) is 52.7 Å². The first kappa shape index (κ1) is 17.3. The Morgan fingerprint density at radius 3 is 2.00 bits per heavy atom. The molecule has 0 aliphatic rings. The fourth-order valence-electron chi connectivity index (χ4n) is 1.99. The van der Waals surface area contributed by atoms with Gasteiger partial charge in [-0.1, -0.05) is 65.8 Å². The summed E-state index contributed by atoms with van der Waals surface area (Å²) in [5.41, 5.74) is 2.80. The molecule has 0 heterocycles. The van der Waals surface area contributed by atoms with E-state index >= 15 is 0 Å². The molecule has 0 aliphatic heterocycles. The van der Waals surface area contributed by atoms with Crippen molar-refractivity contribution in [3.8, 4) is 11.5 Å². The van der Waals surface area contributed by atoms with Crippen LogP contribution in [0.4, 0.5) is 0 Å². The van der Waals surface area contributed by atoms with Gasteiger partial charge in [-0.25, -0.2) is 0 Å². The van der Waals surface area contributed by atoms with Crippen LogP contribution in [0.5, 0.6) is 11.5 Å². The molecule has 0 aromatic heterocycles. The largest absolute Gasteiger partial charge is 0.457 e. The molecule has 2 rings (SSSR count). The molecule has 1 nitrogen and oxygen atoms in total. The summed E-state index contributed by atoms with van der Waals surface area (Å²) < 4.78 is 5.89. The van der Waals surface area contributed by atoms with Gasteiger partial charge in [0.1, 0.15) is 11.5 Å². The number of benzene rings is 2. The quantitative estimate of drug-likeness (QED) is 0.636. The lowest BCUT2D eigenvalue weighted by atomic mass is 9.87. The van der Waals surface area contributed by atoms with Gasteiger partial charge < -0.3 is 4.74 Å². The zero-order valence-corrected chi connectivity index (χ0v) is 14.2. The number of hydrogen-bond donors (Lipinski definition) is 0. The van der Waals surface area contributed by atoms with Gasteiger partial charge in [0.05, 0.1) is 0 Å². The Balaban J connectivity index is 0.00000106. The summed E-state index contributed by atoms with van der Waals surface area (Å²) in [6.07, 6.45) is 1.03. The van der Waals surface area contributed by atoms with Crippen LogP contribution in [0, 0.1) is 0 Å². The van der Waals surface area contributed by atoms with Gasteiger partial charge in [-0.05, 0) is 47.2 Å². The van der Waals surface area contributed by atoms with Gasteiger partial charge >= 0.3 is 0 Å². The third-order valence-corrected chi connectivity index (χ3v) is 3.26. The molecule has 0 spiro atoms. The molecule has 2 aromatic rings. The third-order valence-electron chi connectivity index (χ3n) is 3.26. The second-order valence-electron chi connectivity index (χ2n) is 5.88. The average Bonchev–Trinajstić information content (AvgIpc) is 2.49. The summed E-state index contributed by atoms with van der Waals surface area (Å²) in [4.78, 5) is 0. The normalized spacial score (nSPS) is 10.6. The lowest BCUT2D eigenvalue weighted by molar-refractivity contribution is 0.481. The minimum absolute atomic E-state index is 0.181. The van der Waals surface area contributed by atoms with Gasteiger partial charge in [-0.3, -0.25) is 0 Å². The average molecular weight is 284 g/mol. The van der Waals surface area contributed by atoms with E-state index in [-0.39, 0.29) is 5.41 Å². The Morgan fingerprint density at radius 1 is 0.857 bits per heavy atom. The van der Waals surface area contributed by atoms with Crippen molar-refractivity contribution in [2.75, 3.05) is 0 Å². The van der Waals surface area contributed by atoms with Crippen molar-refractivity contribution >= 4 is 0 Å². The second kappa shape index (κ2) is 7.87. The Labute approximate surface area is 130 Å². The Kier molecular flexibility index (Phi) is 6.48. The lowest BCUT2D eigenvalue weighted by Crippen LogP contribution is -2.10. The summed E-state index contributed by atoms with van der Waals surface area (Å²) in [7, 11) is 0. The fraction of sp³-hybridized carbons (Fsp3) is 0.400. The molecule has 0 atom stereocenters. The fourth-order valence-corrected chi connectivity index (χ4v) is 1.99. The van der Waals surface area contributed by atoms with Crippen LogP contribution in [0.15, 0.2) is 48.5 Å². The van der Waals surface area contributed by atoms with Gasteiger partial charge in [-0.2, -0.15) is 0 Å². The van der Waals surface area contributed by atoms with Crippen molar-refractivity contribution < 1.29 is 4.74 Å². The first-order chi connectivity index (χ1) is 9.99. The van der Waals surface area contributed by atoms with Gasteiger partial charge in [0.15, 0.2) is 0 Å². The Hall–Kier alpha value is -1.76. The van der Waals surface area contributed by atoms with Crippen molar-refractivity contribution in [3.05, 3.63) is 59.7 Å². The Bertz CT molecular complexity index is 533. The standard InChI is InChI=1S/C18H22O.C2H6/c1-5-14-7-6-8-17(13-14)19-16-11-9-15(10-12-16)18(2,3)4;1-2/h6-13H,5H2,1-4H3;1-2H3. The maximum atomic E-state index is 5.89. The number of hydrogen-bond acceptors (Lipinski definition) is 1. The van der Waals surface area contributed by atoms with Crippen molar-refractivity contribution in [1.82, 2.24) is 0 Å². The zero-order chi connectivity index (χ0) is 15.9. The molecule has 0 radical (unpaired) electrons. The molecule has 0 saturated carbocycles. The maximum Gasteiger partial charge on any atom is 0.127 e. The molecule has 0 fully saturated rings. The molecule has 21 heavy (non-hydrogen) atoms. The molecule has 0 aliphatic carbocycles. The second-order valence-corrected chi connectivity index (χ2v) is 5.88. The molecule has 2 aromatic carbocycles. The van der Waals surface area contributed by atoms with E-state index in [1.807, 2.05) is 38.1 Å². The highest BCUT2D eigenvalue weighted by molar-refractivity contribution is 5.36. The summed E-state index contributed by atoms with van der Waals surface area (Å²) in [6, 6.07) is 16.6. The molecular formula is C20H28O. The first-order valence-electron chi connectivity index (χ1n) is 7.86. The van der Waals surface area contributed by atoms with Crippen molar-refractivity contribution in [2.24, 2.45) is 0 Å². The SMILES string of the molecule is CC.CCc1cccc(Oc2ccc(C(C)(C)C)cc2)c1. The lowest BCUT2D eigenvalue weighted by Gasteiger charge is -2.19. The highest BCUT2D eigenvalue weighted by atomic mass is 16.5. The summed E-state index contributed by atoms with van der Waals surface area (Å²) in [5, 5.41) is 0. The predicted octanol–water partition coefficient (Wildman–Crippen LogP) is 6.37. The van der Waals surface area contributed by atoms with E-state index in [1.165, 1.54) is 11.1 Å². The molecule has 0 unspecified atom stereocenters. The number of rotatable bonds is 3. The van der Waals surface area contributed by atoms with Crippen LogP contribution >= 0.6 is 0 Å². The minimum Gasteiger partial charge on any atom is -0.457 e. The van der Waals surface area contributed by atoms with Crippen LogP contribution in [0.2, 0.25) is 0 Å². The summed E-state index contributed by atoms with van der Waals surface area (Å²) in [5.74, 6) is 1.80. The summed E-state index contributed by atoms with van der Waals surface area (Å²) >= 11 is 0. The molecule has 0 saturated heterocycles. The number of ether oxygens (including phenoxy) is 1. The highest BCUT2D eigenvalue weighted by Gasteiger charge is 2.13. The maximum absolute atomic E-state index is 5.89. The molecule has 0 N–H and O–H groups in total. The molecule has 114 valence electrons. The number of aryl methyl sites for hydroxylation is 1. The van der Waals surface area contributed by atoms with E-state index in [2.05, 4.69) is 52.0 Å². The molecular weight excluding hydrogens is 256 g/mol. The topological polar surface area (TPSA) is 9.23 Å². The van der Waals surface area contributed by atoms with Crippen LogP contribution < -0.4 is 4.74 Å². The van der Waals surface area contributed by atoms with E-state index in [0.29, 0.717) is 0 Å². The van der Waals surface area contributed by atoms with Gasteiger partial charge in [0.25, 0.3) is 0 Å². The summed E-state index contributed by atoms with van der Waals surface area (Å²) in [6.45, 7) is 12.8. The van der Waals surface area contributed by atoms with E-state index in [0.717, 1.165) is 17.9 Å². The van der Waals surface area contributed by atoms with Crippen LogP contribution in [0.3, 0.4) is 0 Å². The molecule has 0 amide bonds. The van der Waals surface area contributed by atoms with Crippen molar-refractivity contribution in [1.29, 1.82) is 0 Å². The van der Waals surface area contributed by atoms with E-state index in [1.54, 1.807) is 0 Å². The van der Waals surface area contributed by atoms with Crippen LogP contribution in [-0.4, -0.2) is 0 Å². The van der Waals surface area contributed by atoms with E-state index in [9.17, 15) is 0 Å². The van der Waals surface area contributed by atoms with Gasteiger partial charge in [0, 0.05) is 0 Å². The van der Waals surface area contributed by atoms with Crippen molar-refractivity contribution in [2.45, 2.75) is 53.4 Å². The van der Waals surface area contributed by atoms with E-state index in [4.69, 9.17) is 4.74 Å². The highest BCUT2D eigenvalue weighted by Crippen LogP contribution is 2.27. The minimum atomic E-state index is 0.181. The predicted molar refractivity (Wildman–Crippen MR) is 92.4 cm³/mol. The van der Waals surface area contributed by atoms with Crippen LogP contribution in [0.25, 0.3) is 0 Å². The zero-order valence-electron chi connectivity index (χ0n) is 14.2. The Morgan fingerprint density at radius 2 is 1.48 bits per heavy atom. The molecule has 1 heteroatoms. The first-order valence-corrected chi connectivity index (χ1v) is 7.86.